The number of thiophene rings is 1. The van der Waals surface area contributed by atoms with Crippen molar-refractivity contribution in [3.8, 4) is 11.5 Å². The maximum Gasteiger partial charge on any atom is 0.355 e. The summed E-state index contributed by atoms with van der Waals surface area (Å²) >= 11 is 7.63. The number of aromatic nitrogens is 1. The van der Waals surface area contributed by atoms with Gasteiger partial charge in [0.15, 0.2) is 11.5 Å². The summed E-state index contributed by atoms with van der Waals surface area (Å²) in [5, 5.41) is 5.10. The smallest absolute Gasteiger partial charge is 0.355 e. The average Bonchev–Trinajstić information content (AvgIpc) is 3.17. The molecule has 1 N–H and O–H groups in total. The lowest BCUT2D eigenvalue weighted by Gasteiger charge is -2.09. The number of nitrogens with one attached hydrogen (secondary N) is 1. The van der Waals surface area contributed by atoms with Crippen LogP contribution < -0.4 is 14.9 Å². The highest BCUT2D eigenvalue weighted by Crippen LogP contribution is 2.36. The van der Waals surface area contributed by atoms with Crippen molar-refractivity contribution in [1.82, 2.24) is 10.4 Å². The predicted octanol–water partition coefficient (Wildman–Crippen LogP) is 4.94. The Bertz CT molecular complexity index is 1320. The molecule has 4 aromatic rings. The third kappa shape index (κ3) is 4.61. The number of ether oxygens (including phenoxy) is 2. The van der Waals surface area contributed by atoms with Gasteiger partial charge in [0.2, 0.25) is 0 Å². The van der Waals surface area contributed by atoms with E-state index in [1.165, 1.54) is 30.9 Å². The Morgan fingerprint density at radius 2 is 1.97 bits per heavy atom. The number of benzene rings is 2. The van der Waals surface area contributed by atoms with Crippen LogP contribution in [0.2, 0.25) is 5.02 Å². The first-order valence-electron chi connectivity index (χ1n) is 9.37. The number of amides is 1. The molecular weight excluding hydrogens is 450 g/mol. The Labute approximate surface area is 192 Å². The molecule has 2 aromatic carbocycles. The van der Waals surface area contributed by atoms with Crippen LogP contribution in [0.15, 0.2) is 72.1 Å². The Balaban J connectivity index is 1.47. The molecule has 2 aromatic heterocycles. The first-order chi connectivity index (χ1) is 15.6. The zero-order chi connectivity index (χ0) is 22.5. The van der Waals surface area contributed by atoms with E-state index in [1.54, 1.807) is 36.5 Å². The Morgan fingerprint density at radius 3 is 2.72 bits per heavy atom. The van der Waals surface area contributed by atoms with E-state index in [0.29, 0.717) is 26.8 Å². The first-order valence-corrected chi connectivity index (χ1v) is 10.6. The average molecular weight is 466 g/mol. The largest absolute Gasteiger partial charge is 0.493 e. The zero-order valence-electron chi connectivity index (χ0n) is 16.7. The van der Waals surface area contributed by atoms with E-state index in [9.17, 15) is 9.59 Å². The van der Waals surface area contributed by atoms with Crippen molar-refractivity contribution in [2.24, 2.45) is 5.10 Å². The van der Waals surface area contributed by atoms with Gasteiger partial charge >= 0.3 is 5.97 Å². The Hall–Kier alpha value is -3.75. The minimum atomic E-state index is -0.570. The number of carbonyl (C=O) groups is 2. The van der Waals surface area contributed by atoms with Gasteiger partial charge in [0, 0.05) is 22.5 Å². The van der Waals surface area contributed by atoms with Crippen molar-refractivity contribution in [3.63, 3.8) is 0 Å². The highest BCUT2D eigenvalue weighted by molar-refractivity contribution is 7.21. The van der Waals surface area contributed by atoms with Crippen LogP contribution >= 0.6 is 22.9 Å². The summed E-state index contributed by atoms with van der Waals surface area (Å²) in [7, 11) is 1.46. The maximum absolute atomic E-state index is 12.7. The topological polar surface area (TPSA) is 89.9 Å². The van der Waals surface area contributed by atoms with Gasteiger partial charge in [0.05, 0.1) is 23.9 Å². The van der Waals surface area contributed by atoms with E-state index in [1.807, 2.05) is 24.3 Å². The standard InChI is InChI=1S/C23H16ClN3O4S/c1-30-18-11-14(12-26-27-22(28)15-5-4-10-25-13-15)8-9-17(18)31-23(29)21-20(24)16-6-2-3-7-19(16)32-21/h2-13H,1H3,(H,27,28)/b26-12-. The van der Waals surface area contributed by atoms with Gasteiger partial charge in [-0.3, -0.25) is 9.78 Å². The fourth-order valence-corrected chi connectivity index (χ4v) is 4.25. The van der Waals surface area contributed by atoms with Crippen LogP contribution in [0.1, 0.15) is 25.6 Å². The van der Waals surface area contributed by atoms with Gasteiger partial charge in [-0.05, 0) is 42.0 Å². The van der Waals surface area contributed by atoms with Crippen LogP contribution in [0.4, 0.5) is 0 Å². The number of carbonyl (C=O) groups excluding carboxylic acids is 2. The molecule has 0 spiro atoms. The van der Waals surface area contributed by atoms with Gasteiger partial charge < -0.3 is 9.47 Å². The summed E-state index contributed by atoms with van der Waals surface area (Å²) in [6, 6.07) is 15.7. The van der Waals surface area contributed by atoms with Crippen LogP contribution in [0.3, 0.4) is 0 Å². The summed E-state index contributed by atoms with van der Waals surface area (Å²) < 4.78 is 11.8. The van der Waals surface area contributed by atoms with Crippen molar-refractivity contribution in [2.75, 3.05) is 7.11 Å². The molecule has 0 unspecified atom stereocenters. The molecule has 0 aliphatic rings. The van der Waals surface area contributed by atoms with Crippen molar-refractivity contribution in [3.05, 3.63) is 88.0 Å². The lowest BCUT2D eigenvalue weighted by atomic mass is 10.2. The van der Waals surface area contributed by atoms with Crippen molar-refractivity contribution < 1.29 is 19.1 Å². The third-order valence-electron chi connectivity index (χ3n) is 4.41. The molecule has 160 valence electrons. The predicted molar refractivity (Wildman–Crippen MR) is 124 cm³/mol. The zero-order valence-corrected chi connectivity index (χ0v) is 18.3. The molecule has 0 aliphatic carbocycles. The van der Waals surface area contributed by atoms with Crippen molar-refractivity contribution in [1.29, 1.82) is 0 Å². The number of esters is 1. The third-order valence-corrected chi connectivity index (χ3v) is 6.07. The number of fused-ring (bicyclic) bond motifs is 1. The number of hydrazone groups is 1. The van der Waals surface area contributed by atoms with Gasteiger partial charge in [-0.2, -0.15) is 5.10 Å². The summed E-state index contributed by atoms with van der Waals surface area (Å²) in [6.45, 7) is 0. The summed E-state index contributed by atoms with van der Waals surface area (Å²) in [6.07, 6.45) is 4.47. The lowest BCUT2D eigenvalue weighted by molar-refractivity contribution is 0.0734. The normalized spacial score (nSPS) is 10.9. The van der Waals surface area contributed by atoms with Gasteiger partial charge in [0.25, 0.3) is 5.91 Å². The van der Waals surface area contributed by atoms with Gasteiger partial charge in [-0.15, -0.1) is 11.3 Å². The molecule has 1 amide bonds. The molecule has 0 aliphatic heterocycles. The van der Waals surface area contributed by atoms with Gasteiger partial charge in [-0.25, -0.2) is 10.2 Å². The molecule has 0 saturated carbocycles. The Morgan fingerprint density at radius 1 is 1.12 bits per heavy atom. The van der Waals surface area contributed by atoms with Crippen LogP contribution in [0.25, 0.3) is 10.1 Å². The van der Waals surface area contributed by atoms with E-state index in [0.717, 1.165) is 10.1 Å². The minimum Gasteiger partial charge on any atom is -0.493 e. The maximum atomic E-state index is 12.7. The Kier molecular flexibility index (Phi) is 6.44. The second-order valence-corrected chi connectivity index (χ2v) is 7.91. The van der Waals surface area contributed by atoms with Crippen molar-refractivity contribution in [2.45, 2.75) is 0 Å². The number of hydrogen-bond acceptors (Lipinski definition) is 7. The molecular formula is C23H16ClN3O4S. The second-order valence-electron chi connectivity index (χ2n) is 6.48. The van der Waals surface area contributed by atoms with Crippen LogP contribution in [-0.2, 0) is 0 Å². The highest BCUT2D eigenvalue weighted by atomic mass is 35.5. The molecule has 4 rings (SSSR count). The van der Waals surface area contributed by atoms with E-state index in [2.05, 4.69) is 15.5 Å². The molecule has 0 atom stereocenters. The van der Waals surface area contributed by atoms with Crippen LogP contribution in [0, 0.1) is 0 Å². The molecule has 0 radical (unpaired) electrons. The fourth-order valence-electron chi connectivity index (χ4n) is 2.87. The molecule has 9 heteroatoms. The molecule has 32 heavy (non-hydrogen) atoms. The quantitative estimate of drug-likeness (QED) is 0.188. The van der Waals surface area contributed by atoms with Crippen LogP contribution in [0.5, 0.6) is 11.5 Å². The lowest BCUT2D eigenvalue weighted by Crippen LogP contribution is -2.17. The number of nitrogens with zero attached hydrogens (tertiary/aromatic N) is 2. The molecule has 2 heterocycles. The molecule has 0 bridgehead atoms. The minimum absolute atomic E-state index is 0.238. The number of halogens is 1. The number of pyridine rings is 1. The second kappa shape index (κ2) is 9.59. The van der Waals surface area contributed by atoms with Gasteiger partial charge in [0.1, 0.15) is 4.88 Å². The monoisotopic (exact) mass is 465 g/mol. The van der Waals surface area contributed by atoms with E-state index >= 15 is 0 Å². The van der Waals surface area contributed by atoms with Crippen molar-refractivity contribution >= 4 is 51.1 Å². The number of hydrogen-bond donors (Lipinski definition) is 1. The highest BCUT2D eigenvalue weighted by Gasteiger charge is 2.20. The summed E-state index contributed by atoms with van der Waals surface area (Å²) in [5.41, 5.74) is 3.45. The van der Waals surface area contributed by atoms with Crippen LogP contribution in [-0.4, -0.2) is 30.2 Å². The molecule has 7 nitrogen and oxygen atoms in total. The van der Waals surface area contributed by atoms with E-state index < -0.39 is 5.97 Å². The summed E-state index contributed by atoms with van der Waals surface area (Å²) in [5.74, 6) is -0.382. The van der Waals surface area contributed by atoms with E-state index in [-0.39, 0.29) is 11.7 Å². The number of rotatable bonds is 6. The first kappa shape index (κ1) is 21.5. The fraction of sp³-hybridized carbons (Fsp3) is 0.0435. The van der Waals surface area contributed by atoms with E-state index in [4.69, 9.17) is 21.1 Å². The SMILES string of the molecule is COc1cc(/C=N\NC(=O)c2cccnc2)ccc1OC(=O)c1sc2ccccc2c1Cl. The summed E-state index contributed by atoms with van der Waals surface area (Å²) in [4.78, 5) is 28.9. The number of methoxy groups -OCH3 is 1. The molecule has 0 saturated heterocycles. The molecule has 0 fully saturated rings. The van der Waals surface area contributed by atoms with Gasteiger partial charge in [-0.1, -0.05) is 29.8 Å².